The molecule has 2 aromatic rings. The molecule has 0 atom stereocenters. The summed E-state index contributed by atoms with van der Waals surface area (Å²) in [5.74, 6) is 0.162. The van der Waals surface area contributed by atoms with Crippen LogP contribution in [0.25, 0.3) is 10.9 Å². The fraction of sp³-hybridized carbons (Fsp3) is 0.200. The lowest BCUT2D eigenvalue weighted by Gasteiger charge is -2.00. The van der Waals surface area contributed by atoms with Crippen LogP contribution >= 0.6 is 0 Å². The maximum atomic E-state index is 9.98. The number of aromatic nitrogens is 1. The van der Waals surface area contributed by atoms with Crippen LogP contribution in [0, 0.1) is 10.1 Å². The van der Waals surface area contributed by atoms with Crippen LogP contribution in [-0.4, -0.2) is 21.8 Å². The van der Waals surface area contributed by atoms with Gasteiger partial charge in [0.1, 0.15) is 12.4 Å². The van der Waals surface area contributed by atoms with Gasteiger partial charge in [-0.05, 0) is 24.1 Å². The molecule has 1 aromatic heterocycles. The van der Waals surface area contributed by atoms with Crippen LogP contribution < -0.4 is 0 Å². The lowest BCUT2D eigenvalue weighted by molar-refractivity contribution is -0.757. The summed E-state index contributed by atoms with van der Waals surface area (Å²) in [6.45, 7) is -0.0196. The molecule has 0 amide bonds. The van der Waals surface area contributed by atoms with Gasteiger partial charge in [-0.25, -0.2) is 0 Å². The normalized spacial score (nSPS) is 10.5. The number of phenols is 1. The molecule has 0 aliphatic carbocycles. The van der Waals surface area contributed by atoms with E-state index in [1.165, 1.54) is 0 Å². The Hall–Kier alpha value is -2.24. The first-order chi connectivity index (χ1) is 7.68. The summed E-state index contributed by atoms with van der Waals surface area (Å²) in [7, 11) is 0. The van der Waals surface area contributed by atoms with Crippen LogP contribution in [0.2, 0.25) is 0 Å². The van der Waals surface area contributed by atoms with E-state index in [1.807, 2.05) is 6.07 Å². The van der Waals surface area contributed by atoms with Gasteiger partial charge in [0.25, 0.3) is 5.09 Å². The number of hydrogen-bond acceptors (Lipinski definition) is 4. The minimum absolute atomic E-state index is 0.0196. The van der Waals surface area contributed by atoms with E-state index in [0.717, 1.165) is 11.1 Å². The summed E-state index contributed by atoms with van der Waals surface area (Å²) < 4.78 is 0. The number of hydrogen-bond donors (Lipinski definition) is 2. The minimum atomic E-state index is -0.825. The van der Waals surface area contributed by atoms with Crippen LogP contribution in [-0.2, 0) is 11.3 Å². The van der Waals surface area contributed by atoms with Crippen LogP contribution in [0.5, 0.6) is 5.75 Å². The molecule has 2 rings (SSSR count). The first-order valence-electron chi connectivity index (χ1n) is 4.73. The monoisotopic (exact) mass is 222 g/mol. The second-order valence-electron chi connectivity index (χ2n) is 3.32. The molecule has 0 spiro atoms. The Bertz CT molecular complexity index is 521. The number of nitrogens with one attached hydrogen (secondary N) is 1. The summed E-state index contributed by atoms with van der Waals surface area (Å²) in [5.41, 5.74) is 1.60. The number of aromatic amines is 1. The number of rotatable bonds is 4. The van der Waals surface area contributed by atoms with Gasteiger partial charge in [-0.3, -0.25) is 0 Å². The van der Waals surface area contributed by atoms with E-state index in [0.29, 0.717) is 11.8 Å². The molecule has 0 aliphatic rings. The lowest BCUT2D eigenvalue weighted by Crippen LogP contribution is -2.04. The predicted molar refractivity (Wildman–Crippen MR) is 56.6 cm³/mol. The molecular weight excluding hydrogens is 212 g/mol. The maximum absolute atomic E-state index is 9.98. The molecule has 0 radical (unpaired) electrons. The molecule has 6 nitrogen and oxygen atoms in total. The van der Waals surface area contributed by atoms with Gasteiger partial charge in [0.15, 0.2) is 0 Å². The molecule has 0 fully saturated rings. The number of H-pyrrole nitrogens is 1. The van der Waals surface area contributed by atoms with Crippen molar-refractivity contribution in [2.75, 3.05) is 6.61 Å². The van der Waals surface area contributed by atoms with Crippen molar-refractivity contribution >= 4 is 10.9 Å². The zero-order chi connectivity index (χ0) is 11.5. The Balaban J connectivity index is 2.21. The van der Waals surface area contributed by atoms with Crippen LogP contribution in [0.1, 0.15) is 5.56 Å². The Kier molecular flexibility index (Phi) is 2.63. The largest absolute Gasteiger partial charge is 0.507 e. The maximum Gasteiger partial charge on any atom is 0.294 e. The highest BCUT2D eigenvalue weighted by Crippen LogP contribution is 2.27. The molecule has 6 heteroatoms. The average molecular weight is 222 g/mol. The highest BCUT2D eigenvalue weighted by atomic mass is 16.9. The second-order valence-corrected chi connectivity index (χ2v) is 3.32. The molecule has 0 bridgehead atoms. The first kappa shape index (κ1) is 10.3. The predicted octanol–water partition coefficient (Wildman–Crippen LogP) is 1.62. The van der Waals surface area contributed by atoms with Crippen molar-refractivity contribution in [3.8, 4) is 5.75 Å². The van der Waals surface area contributed by atoms with Crippen molar-refractivity contribution in [2.24, 2.45) is 0 Å². The van der Waals surface area contributed by atoms with E-state index in [2.05, 4.69) is 9.82 Å². The van der Waals surface area contributed by atoms with Crippen LogP contribution in [0.3, 0.4) is 0 Å². The molecule has 16 heavy (non-hydrogen) atoms. The summed E-state index contributed by atoms with van der Waals surface area (Å²) >= 11 is 0. The third-order valence-corrected chi connectivity index (χ3v) is 2.33. The van der Waals surface area contributed by atoms with Gasteiger partial charge >= 0.3 is 0 Å². The van der Waals surface area contributed by atoms with E-state index in [4.69, 9.17) is 0 Å². The summed E-state index contributed by atoms with van der Waals surface area (Å²) in [4.78, 5) is 17.2. The van der Waals surface area contributed by atoms with Gasteiger partial charge in [-0.15, -0.1) is 10.1 Å². The van der Waals surface area contributed by atoms with Gasteiger partial charge in [0.2, 0.25) is 0 Å². The summed E-state index contributed by atoms with van der Waals surface area (Å²) in [5, 5.41) is 19.5. The van der Waals surface area contributed by atoms with Crippen molar-refractivity contribution < 1.29 is 15.0 Å². The van der Waals surface area contributed by atoms with Crippen molar-refractivity contribution in [1.29, 1.82) is 0 Å². The van der Waals surface area contributed by atoms with Crippen LogP contribution in [0.15, 0.2) is 24.4 Å². The first-order valence-corrected chi connectivity index (χ1v) is 4.73. The van der Waals surface area contributed by atoms with E-state index in [-0.39, 0.29) is 12.4 Å². The second kappa shape index (κ2) is 4.09. The van der Waals surface area contributed by atoms with Crippen molar-refractivity contribution in [1.82, 2.24) is 4.98 Å². The van der Waals surface area contributed by atoms with Gasteiger partial charge in [-0.1, -0.05) is 6.07 Å². The molecule has 0 saturated heterocycles. The molecule has 0 unspecified atom stereocenters. The zero-order valence-corrected chi connectivity index (χ0v) is 8.34. The molecule has 0 aliphatic heterocycles. The average Bonchev–Trinajstić information content (AvgIpc) is 2.62. The Labute approximate surface area is 90.6 Å². The smallest absolute Gasteiger partial charge is 0.294 e. The molecule has 2 N–H and O–H groups in total. The Morgan fingerprint density at radius 2 is 2.31 bits per heavy atom. The fourth-order valence-corrected chi connectivity index (χ4v) is 1.66. The number of aromatic hydroxyl groups is 1. The molecule has 1 aromatic carbocycles. The number of benzene rings is 1. The lowest BCUT2D eigenvalue weighted by atomic mass is 10.1. The van der Waals surface area contributed by atoms with Crippen LogP contribution in [0.4, 0.5) is 0 Å². The van der Waals surface area contributed by atoms with Crippen molar-refractivity contribution in [2.45, 2.75) is 6.42 Å². The number of nitrogens with zero attached hydrogens (tertiary/aromatic N) is 1. The molecular formula is C10H10N2O4. The van der Waals surface area contributed by atoms with E-state index in [9.17, 15) is 15.2 Å². The molecule has 0 saturated carbocycles. The van der Waals surface area contributed by atoms with E-state index in [1.54, 1.807) is 18.3 Å². The topological polar surface area (TPSA) is 88.4 Å². The van der Waals surface area contributed by atoms with Crippen molar-refractivity contribution in [3.63, 3.8) is 0 Å². The van der Waals surface area contributed by atoms with Gasteiger partial charge in [0.05, 0.1) is 0 Å². The highest BCUT2D eigenvalue weighted by molar-refractivity contribution is 5.88. The summed E-state index contributed by atoms with van der Waals surface area (Å²) in [6, 6.07) is 5.13. The van der Waals surface area contributed by atoms with Crippen molar-refractivity contribution in [3.05, 3.63) is 40.1 Å². The third-order valence-electron chi connectivity index (χ3n) is 2.33. The fourth-order valence-electron chi connectivity index (χ4n) is 1.66. The standard InChI is InChI=1S/C10H10N2O4/c13-9-3-1-2-8-10(9)7(6-11-8)4-5-16-12(14)15/h1-3,6,11,13H,4-5H2. The van der Waals surface area contributed by atoms with E-state index < -0.39 is 5.09 Å². The van der Waals surface area contributed by atoms with Gasteiger partial charge in [-0.2, -0.15) is 0 Å². The minimum Gasteiger partial charge on any atom is -0.507 e. The Morgan fingerprint density at radius 1 is 1.50 bits per heavy atom. The SMILES string of the molecule is O=[N+]([O-])OCCc1c[nH]c2cccc(O)c12. The quantitative estimate of drug-likeness (QED) is 0.607. The Morgan fingerprint density at radius 3 is 3.06 bits per heavy atom. The van der Waals surface area contributed by atoms with Gasteiger partial charge < -0.3 is 14.9 Å². The number of fused-ring (bicyclic) bond motifs is 1. The molecule has 84 valence electrons. The zero-order valence-electron chi connectivity index (χ0n) is 8.34. The van der Waals surface area contributed by atoms with Gasteiger partial charge in [0, 0.05) is 17.1 Å². The van der Waals surface area contributed by atoms with E-state index >= 15 is 0 Å². The summed E-state index contributed by atoms with van der Waals surface area (Å²) in [6.07, 6.45) is 2.09. The number of phenolic OH excluding ortho intramolecular Hbond substituents is 1. The third kappa shape index (κ3) is 1.90. The highest BCUT2D eigenvalue weighted by Gasteiger charge is 2.08. The molecule has 1 heterocycles.